The quantitative estimate of drug-likeness (QED) is 0.584. The third-order valence-electron chi connectivity index (χ3n) is 4.19. The molecule has 1 nitrogen and oxygen atoms in total. The van der Waals surface area contributed by atoms with Crippen LogP contribution in [-0.2, 0) is 0 Å². The largest absolute Gasteiger partial charge is 0.222 e. The fourth-order valence-electron chi connectivity index (χ4n) is 3.09. The van der Waals surface area contributed by atoms with Crippen molar-refractivity contribution in [3.05, 3.63) is 95.6 Å². The third kappa shape index (κ3) is 2.60. The molecule has 1 aliphatic rings. The van der Waals surface area contributed by atoms with E-state index in [0.29, 0.717) is 0 Å². The molecule has 4 rings (SSSR count). The van der Waals surface area contributed by atoms with E-state index < -0.39 is 0 Å². The molecule has 3 aromatic rings. The maximum atomic E-state index is 2.42. The third-order valence-corrected chi connectivity index (χ3v) is 5.41. The van der Waals surface area contributed by atoms with Gasteiger partial charge in [0.05, 0.1) is 5.56 Å². The molecule has 0 unspecified atom stereocenters. The van der Waals surface area contributed by atoms with E-state index >= 15 is 0 Å². The molecular formula is C21H18NS+. The Morgan fingerprint density at radius 2 is 1.48 bits per heavy atom. The Morgan fingerprint density at radius 1 is 0.783 bits per heavy atom. The second-order valence-corrected chi connectivity index (χ2v) is 6.66. The van der Waals surface area contributed by atoms with Gasteiger partial charge in [-0.25, -0.2) is 0 Å². The molecule has 0 bridgehead atoms. The first-order chi connectivity index (χ1) is 11.3. The van der Waals surface area contributed by atoms with Crippen LogP contribution >= 0.6 is 11.8 Å². The van der Waals surface area contributed by atoms with Gasteiger partial charge in [-0.15, -0.1) is 0 Å². The molecule has 0 aliphatic carbocycles. The molecular weight excluding hydrogens is 298 g/mol. The second-order valence-electron chi connectivity index (χ2n) is 5.70. The molecule has 0 radical (unpaired) electrons. The Kier molecular flexibility index (Phi) is 3.76. The van der Waals surface area contributed by atoms with E-state index in [0.717, 1.165) is 5.88 Å². The molecule has 23 heavy (non-hydrogen) atoms. The summed E-state index contributed by atoms with van der Waals surface area (Å²) in [6.07, 6.45) is 0. The summed E-state index contributed by atoms with van der Waals surface area (Å²) in [5.41, 5.74) is 6.49. The Bertz CT molecular complexity index is 867. The predicted octanol–water partition coefficient (Wildman–Crippen LogP) is 5.24. The number of thioether (sulfide) groups is 1. The number of hydrogen-bond donors (Lipinski definition) is 0. The zero-order chi connectivity index (χ0) is 15.6. The normalized spacial score (nSPS) is 13.8. The van der Waals surface area contributed by atoms with Crippen LogP contribution in [0.4, 0.5) is 5.69 Å². The van der Waals surface area contributed by atoms with E-state index in [9.17, 15) is 0 Å². The minimum absolute atomic E-state index is 0.937. The van der Waals surface area contributed by atoms with Gasteiger partial charge in [0.2, 0.25) is 11.4 Å². The number of fused-ring (bicyclic) bond motifs is 1. The van der Waals surface area contributed by atoms with Gasteiger partial charge in [-0.3, -0.25) is 0 Å². The Balaban J connectivity index is 2.02. The number of rotatable bonds is 2. The lowest BCUT2D eigenvalue weighted by Gasteiger charge is -2.19. The van der Waals surface area contributed by atoms with E-state index in [2.05, 4.69) is 90.4 Å². The van der Waals surface area contributed by atoms with Crippen molar-refractivity contribution < 1.29 is 4.58 Å². The highest BCUT2D eigenvalue weighted by atomic mass is 32.2. The fraction of sp³-hybridized carbons (Fsp3) is 0.0952. The molecule has 0 amide bonds. The number of hydrogen-bond acceptors (Lipinski definition) is 1. The monoisotopic (exact) mass is 316 g/mol. The minimum atomic E-state index is 0.937. The Hall–Kier alpha value is -2.32. The molecule has 112 valence electrons. The molecule has 0 atom stereocenters. The average Bonchev–Trinajstić information content (AvgIpc) is 2.62. The first kappa shape index (κ1) is 14.3. The fourth-order valence-corrected chi connectivity index (χ4v) is 4.24. The van der Waals surface area contributed by atoms with Crippen LogP contribution < -0.4 is 0 Å². The summed E-state index contributed by atoms with van der Waals surface area (Å²) in [5, 5.41) is 0. The first-order valence-electron chi connectivity index (χ1n) is 7.82. The van der Waals surface area contributed by atoms with Crippen LogP contribution in [0.15, 0.2) is 83.8 Å². The summed E-state index contributed by atoms with van der Waals surface area (Å²) in [7, 11) is 0. The van der Waals surface area contributed by atoms with Gasteiger partial charge in [-0.2, -0.15) is 4.58 Å². The Labute approximate surface area is 141 Å². The maximum Gasteiger partial charge on any atom is 0.222 e. The zero-order valence-corrected chi connectivity index (χ0v) is 13.9. The molecule has 0 saturated heterocycles. The molecule has 2 heteroatoms. The number of benzene rings is 3. The smallest absolute Gasteiger partial charge is 0.181 e. The van der Waals surface area contributed by atoms with Crippen LogP contribution in [-0.4, -0.2) is 16.2 Å². The number of para-hydroxylation sites is 1. The van der Waals surface area contributed by atoms with E-state index in [1.165, 1.54) is 33.0 Å². The van der Waals surface area contributed by atoms with Gasteiger partial charge in [0.15, 0.2) is 5.88 Å². The van der Waals surface area contributed by atoms with Crippen LogP contribution in [0.25, 0.3) is 0 Å². The van der Waals surface area contributed by atoms with E-state index in [1.54, 1.807) is 0 Å². The summed E-state index contributed by atoms with van der Waals surface area (Å²) >= 11 is 1.92. The molecule has 0 saturated carbocycles. The van der Waals surface area contributed by atoms with Crippen LogP contribution in [0.2, 0.25) is 0 Å². The lowest BCUT2D eigenvalue weighted by atomic mass is 9.99. The van der Waals surface area contributed by atoms with Crippen molar-refractivity contribution in [2.45, 2.75) is 11.8 Å². The van der Waals surface area contributed by atoms with Crippen molar-refractivity contribution in [1.29, 1.82) is 0 Å². The summed E-state index contributed by atoms with van der Waals surface area (Å²) in [4.78, 5) is 1.40. The lowest BCUT2D eigenvalue weighted by molar-refractivity contribution is -0.416. The SMILES string of the molecule is Cc1cccc2c1SC[N+](c1ccccc1)=C2c1ccccc1. The minimum Gasteiger partial charge on any atom is -0.181 e. The molecule has 0 fully saturated rings. The van der Waals surface area contributed by atoms with Gasteiger partial charge in [0, 0.05) is 22.6 Å². The van der Waals surface area contributed by atoms with Crippen molar-refractivity contribution in [3.8, 4) is 0 Å². The van der Waals surface area contributed by atoms with Gasteiger partial charge in [0.1, 0.15) is 0 Å². The molecule has 0 aromatic heterocycles. The predicted molar refractivity (Wildman–Crippen MR) is 97.9 cm³/mol. The summed E-state index contributed by atoms with van der Waals surface area (Å²) in [5.74, 6) is 0.937. The van der Waals surface area contributed by atoms with E-state index in [1.807, 2.05) is 11.8 Å². The van der Waals surface area contributed by atoms with Gasteiger partial charge in [0.25, 0.3) is 0 Å². The van der Waals surface area contributed by atoms with Crippen LogP contribution in [0, 0.1) is 6.92 Å². The van der Waals surface area contributed by atoms with Crippen LogP contribution in [0.3, 0.4) is 0 Å². The van der Waals surface area contributed by atoms with Crippen LogP contribution in [0.1, 0.15) is 16.7 Å². The second kappa shape index (κ2) is 6.05. The highest BCUT2D eigenvalue weighted by molar-refractivity contribution is 7.99. The van der Waals surface area contributed by atoms with Gasteiger partial charge >= 0.3 is 0 Å². The average molecular weight is 316 g/mol. The maximum absolute atomic E-state index is 2.42. The van der Waals surface area contributed by atoms with Crippen molar-refractivity contribution >= 4 is 23.2 Å². The van der Waals surface area contributed by atoms with Crippen LogP contribution in [0.5, 0.6) is 0 Å². The van der Waals surface area contributed by atoms with Gasteiger partial charge in [-0.1, -0.05) is 60.3 Å². The van der Waals surface area contributed by atoms with Gasteiger partial charge in [-0.05, 0) is 30.7 Å². The van der Waals surface area contributed by atoms with Crippen molar-refractivity contribution in [2.75, 3.05) is 5.88 Å². The topological polar surface area (TPSA) is 3.01 Å². The lowest BCUT2D eigenvalue weighted by Crippen LogP contribution is -2.24. The highest BCUT2D eigenvalue weighted by Crippen LogP contribution is 2.35. The molecule has 0 spiro atoms. The van der Waals surface area contributed by atoms with Gasteiger partial charge < -0.3 is 0 Å². The van der Waals surface area contributed by atoms with Crippen molar-refractivity contribution in [2.24, 2.45) is 0 Å². The van der Waals surface area contributed by atoms with Crippen molar-refractivity contribution in [3.63, 3.8) is 0 Å². The number of aryl methyl sites for hydroxylation is 1. The summed E-state index contributed by atoms with van der Waals surface area (Å²) in [6, 6.07) is 28.0. The van der Waals surface area contributed by atoms with E-state index in [-0.39, 0.29) is 0 Å². The molecule has 1 aliphatic heterocycles. The first-order valence-corrected chi connectivity index (χ1v) is 8.81. The Morgan fingerprint density at radius 3 is 2.22 bits per heavy atom. The zero-order valence-electron chi connectivity index (χ0n) is 13.1. The molecule has 3 aromatic carbocycles. The summed E-state index contributed by atoms with van der Waals surface area (Å²) < 4.78 is 2.42. The standard InChI is InChI=1S/C21H18NS/c1-16-9-8-14-19-20(17-10-4-2-5-11-17)22(15-23-21(16)19)18-12-6-3-7-13-18/h2-14H,15H2,1H3/q+1. The summed E-state index contributed by atoms with van der Waals surface area (Å²) in [6.45, 7) is 2.20. The molecule has 1 heterocycles. The van der Waals surface area contributed by atoms with Crippen molar-refractivity contribution in [1.82, 2.24) is 0 Å². The van der Waals surface area contributed by atoms with E-state index in [4.69, 9.17) is 0 Å². The number of nitrogens with zero attached hydrogens (tertiary/aromatic N) is 1. The highest BCUT2D eigenvalue weighted by Gasteiger charge is 2.29. The molecule has 0 N–H and O–H groups in total.